The number of benzene rings is 1. The Morgan fingerprint density at radius 2 is 2.00 bits per heavy atom. The van der Waals surface area contributed by atoms with E-state index in [1.807, 2.05) is 0 Å². The number of hydrogen-bond acceptors (Lipinski definition) is 3. The maximum absolute atomic E-state index is 10.3. The largest absolute Gasteiger partial charge is 0.508 e. The highest BCUT2D eigenvalue weighted by atomic mass is 32.2. The van der Waals surface area contributed by atoms with Crippen LogP contribution in [-0.2, 0) is 17.5 Å². The van der Waals surface area contributed by atoms with Gasteiger partial charge in [-0.2, -0.15) is 0 Å². The minimum absolute atomic E-state index is 0.0219. The average molecular weight is 202 g/mol. The van der Waals surface area contributed by atoms with Gasteiger partial charge >= 0.3 is 0 Å². The monoisotopic (exact) mass is 202 g/mol. The predicted molar refractivity (Wildman–Crippen MR) is 49.1 cm³/mol. The zero-order valence-corrected chi connectivity index (χ0v) is 7.62. The Kier molecular flexibility index (Phi) is 3.27. The molecule has 1 aromatic rings. The summed E-state index contributed by atoms with van der Waals surface area (Å²) in [7, 11) is 0. The first-order valence-corrected chi connectivity index (χ1v) is 4.95. The molecule has 1 rings (SSSR count). The first-order valence-electron chi connectivity index (χ1n) is 3.68. The Balaban J connectivity index is 2.72. The van der Waals surface area contributed by atoms with Crippen LogP contribution in [0.2, 0.25) is 0 Å². The van der Waals surface area contributed by atoms with Crippen molar-refractivity contribution in [2.45, 2.75) is 6.42 Å². The molecule has 0 bridgehead atoms. The van der Waals surface area contributed by atoms with E-state index in [4.69, 9.17) is 9.66 Å². The fourth-order valence-electron chi connectivity index (χ4n) is 0.961. The molecule has 0 saturated heterocycles. The van der Waals surface area contributed by atoms with Gasteiger partial charge in [0.05, 0.1) is 5.75 Å². The lowest BCUT2D eigenvalue weighted by Gasteiger charge is -2.02. The molecule has 1 unspecified atom stereocenters. The van der Waals surface area contributed by atoms with E-state index >= 15 is 0 Å². The molecule has 0 aliphatic rings. The third-order valence-electron chi connectivity index (χ3n) is 1.61. The van der Waals surface area contributed by atoms with E-state index in [1.54, 1.807) is 0 Å². The lowest BCUT2D eigenvalue weighted by Crippen LogP contribution is -1.99. The second-order valence-corrected chi connectivity index (χ2v) is 3.64. The molecule has 0 aliphatic carbocycles. The zero-order chi connectivity index (χ0) is 9.84. The van der Waals surface area contributed by atoms with Gasteiger partial charge < -0.3 is 14.8 Å². The van der Waals surface area contributed by atoms with E-state index in [0.717, 1.165) is 0 Å². The van der Waals surface area contributed by atoms with E-state index in [1.165, 1.54) is 18.2 Å². The van der Waals surface area contributed by atoms with Crippen molar-refractivity contribution in [3.05, 3.63) is 23.8 Å². The SMILES string of the molecule is O=S(O)CCc1ccc(O)cc1O. The third kappa shape index (κ3) is 3.04. The zero-order valence-electron chi connectivity index (χ0n) is 6.80. The summed E-state index contributed by atoms with van der Waals surface area (Å²) in [5, 5.41) is 18.2. The van der Waals surface area contributed by atoms with Crippen molar-refractivity contribution >= 4 is 11.1 Å². The fourth-order valence-corrected chi connectivity index (χ4v) is 1.36. The molecular formula is C8H10O4S. The smallest absolute Gasteiger partial charge is 0.153 e. The second kappa shape index (κ2) is 4.25. The fraction of sp³-hybridized carbons (Fsp3) is 0.250. The van der Waals surface area contributed by atoms with Gasteiger partial charge in [0.1, 0.15) is 11.5 Å². The molecule has 0 spiro atoms. The van der Waals surface area contributed by atoms with Crippen molar-refractivity contribution in [3.8, 4) is 11.5 Å². The van der Waals surface area contributed by atoms with E-state index in [-0.39, 0.29) is 17.3 Å². The van der Waals surface area contributed by atoms with Crippen LogP contribution in [0.4, 0.5) is 0 Å². The van der Waals surface area contributed by atoms with Crippen molar-refractivity contribution in [2.24, 2.45) is 0 Å². The molecule has 13 heavy (non-hydrogen) atoms. The molecule has 5 heteroatoms. The van der Waals surface area contributed by atoms with Crippen LogP contribution in [0.5, 0.6) is 11.5 Å². The lowest BCUT2D eigenvalue weighted by molar-refractivity contribution is 0.446. The van der Waals surface area contributed by atoms with Crippen LogP contribution in [0.25, 0.3) is 0 Å². The molecule has 0 saturated carbocycles. The number of phenols is 2. The number of rotatable bonds is 3. The normalized spacial score (nSPS) is 12.7. The summed E-state index contributed by atoms with van der Waals surface area (Å²) in [6.07, 6.45) is 0.315. The number of aryl methyl sites for hydroxylation is 1. The molecule has 0 aliphatic heterocycles. The maximum atomic E-state index is 10.3. The highest BCUT2D eigenvalue weighted by molar-refractivity contribution is 7.79. The molecule has 0 amide bonds. The van der Waals surface area contributed by atoms with Crippen molar-refractivity contribution in [3.63, 3.8) is 0 Å². The molecule has 0 aromatic heterocycles. The van der Waals surface area contributed by atoms with Crippen LogP contribution in [-0.4, -0.2) is 24.7 Å². The van der Waals surface area contributed by atoms with Gasteiger partial charge in [0.15, 0.2) is 11.1 Å². The van der Waals surface area contributed by atoms with Gasteiger partial charge in [0.25, 0.3) is 0 Å². The highest BCUT2D eigenvalue weighted by Gasteiger charge is 2.03. The molecule has 4 nitrogen and oxygen atoms in total. The number of aromatic hydroxyl groups is 2. The molecule has 72 valence electrons. The third-order valence-corrected chi connectivity index (χ3v) is 2.17. The summed E-state index contributed by atoms with van der Waals surface area (Å²) in [5.74, 6) is 0.00929. The van der Waals surface area contributed by atoms with Crippen LogP contribution >= 0.6 is 0 Å². The molecule has 1 aromatic carbocycles. The lowest BCUT2D eigenvalue weighted by atomic mass is 10.1. The summed E-state index contributed by atoms with van der Waals surface area (Å²) in [4.78, 5) is 0. The Morgan fingerprint density at radius 3 is 2.54 bits per heavy atom. The quantitative estimate of drug-likeness (QED) is 0.635. The van der Waals surface area contributed by atoms with Crippen molar-refractivity contribution in [1.29, 1.82) is 0 Å². The van der Waals surface area contributed by atoms with Crippen LogP contribution in [0, 0.1) is 0 Å². The van der Waals surface area contributed by atoms with Gasteiger partial charge in [-0.05, 0) is 18.1 Å². The van der Waals surface area contributed by atoms with Gasteiger partial charge in [-0.1, -0.05) is 6.07 Å². The molecule has 0 heterocycles. The minimum atomic E-state index is -1.85. The Bertz CT molecular complexity index is 324. The van der Waals surface area contributed by atoms with Crippen LogP contribution < -0.4 is 0 Å². The maximum Gasteiger partial charge on any atom is 0.153 e. The van der Waals surface area contributed by atoms with Crippen LogP contribution in [0.3, 0.4) is 0 Å². The van der Waals surface area contributed by atoms with Gasteiger partial charge in [0, 0.05) is 6.07 Å². The van der Waals surface area contributed by atoms with Crippen molar-refractivity contribution in [2.75, 3.05) is 5.75 Å². The summed E-state index contributed by atoms with van der Waals surface area (Å²) in [6, 6.07) is 4.16. The molecule has 0 radical (unpaired) electrons. The van der Waals surface area contributed by atoms with E-state index < -0.39 is 11.1 Å². The standard InChI is InChI=1S/C8H10O4S/c9-7-2-1-6(8(10)5-7)3-4-13(11)12/h1-2,5,9-10H,3-4H2,(H,11,12). The first-order chi connectivity index (χ1) is 6.09. The Labute approximate surface area is 78.1 Å². The minimum Gasteiger partial charge on any atom is -0.508 e. The molecule has 3 N–H and O–H groups in total. The van der Waals surface area contributed by atoms with Crippen molar-refractivity contribution < 1.29 is 19.0 Å². The van der Waals surface area contributed by atoms with Gasteiger partial charge in [-0.3, -0.25) is 0 Å². The summed E-state index contributed by atoms with van der Waals surface area (Å²) >= 11 is -1.85. The average Bonchev–Trinajstić information content (AvgIpc) is 2.02. The second-order valence-electron chi connectivity index (χ2n) is 2.59. The number of hydrogen-bond donors (Lipinski definition) is 3. The predicted octanol–water partition coefficient (Wildman–Crippen LogP) is 0.862. The van der Waals surface area contributed by atoms with Gasteiger partial charge in [-0.15, -0.1) is 0 Å². The molecule has 0 fully saturated rings. The van der Waals surface area contributed by atoms with Gasteiger partial charge in [0.2, 0.25) is 0 Å². The Morgan fingerprint density at radius 1 is 1.31 bits per heavy atom. The van der Waals surface area contributed by atoms with E-state index in [0.29, 0.717) is 12.0 Å². The Hall–Kier alpha value is -1.07. The van der Waals surface area contributed by atoms with E-state index in [2.05, 4.69) is 0 Å². The van der Waals surface area contributed by atoms with Gasteiger partial charge in [-0.25, -0.2) is 4.21 Å². The van der Waals surface area contributed by atoms with Crippen LogP contribution in [0.1, 0.15) is 5.56 Å². The summed E-state index contributed by atoms with van der Waals surface area (Å²) in [6.45, 7) is 0. The first kappa shape index (κ1) is 10.0. The molecule has 1 atom stereocenters. The van der Waals surface area contributed by atoms with Crippen LogP contribution in [0.15, 0.2) is 18.2 Å². The van der Waals surface area contributed by atoms with Crippen molar-refractivity contribution in [1.82, 2.24) is 0 Å². The molecular weight excluding hydrogens is 192 g/mol. The number of phenolic OH excluding ortho intramolecular Hbond substituents is 2. The highest BCUT2D eigenvalue weighted by Crippen LogP contribution is 2.22. The summed E-state index contributed by atoms with van der Waals surface area (Å²) < 4.78 is 18.8. The topological polar surface area (TPSA) is 77.8 Å². The van der Waals surface area contributed by atoms with E-state index in [9.17, 15) is 9.32 Å². The summed E-state index contributed by atoms with van der Waals surface area (Å²) in [5.41, 5.74) is 0.556.